The molecule has 0 aromatic heterocycles. The van der Waals surface area contributed by atoms with Crippen molar-refractivity contribution in [3.63, 3.8) is 0 Å². The van der Waals surface area contributed by atoms with Crippen molar-refractivity contribution in [2.75, 3.05) is 13.7 Å². The number of aliphatic hydroxyl groups is 1. The highest BCUT2D eigenvalue weighted by molar-refractivity contribution is 6.31. The van der Waals surface area contributed by atoms with E-state index in [9.17, 15) is 15.0 Å². The number of benzene rings is 1. The molecule has 1 rings (SSSR count). The molecule has 0 fully saturated rings. The van der Waals surface area contributed by atoms with Crippen molar-refractivity contribution in [3.05, 3.63) is 22.7 Å². The van der Waals surface area contributed by atoms with E-state index in [4.69, 9.17) is 21.1 Å². The number of ether oxygens (including phenoxy) is 2. The van der Waals surface area contributed by atoms with Gasteiger partial charge in [0.25, 0.3) is 0 Å². The molecule has 0 atom stereocenters. The third kappa shape index (κ3) is 3.77. The van der Waals surface area contributed by atoms with Gasteiger partial charge in [-0.05, 0) is 18.9 Å². The maximum atomic E-state index is 11.2. The molecule has 0 unspecified atom stereocenters. The van der Waals surface area contributed by atoms with E-state index in [-0.39, 0.29) is 28.7 Å². The molecule has 0 heterocycles. The molecule has 1 aromatic carbocycles. The van der Waals surface area contributed by atoms with E-state index >= 15 is 0 Å². The van der Waals surface area contributed by atoms with Crippen LogP contribution < -0.4 is 9.47 Å². The predicted molar refractivity (Wildman–Crippen MR) is 76.0 cm³/mol. The molecule has 0 aliphatic heterocycles. The molecule has 0 bridgehead atoms. The van der Waals surface area contributed by atoms with Gasteiger partial charge < -0.3 is 19.7 Å². The molecular formula is C14H19ClO5. The van der Waals surface area contributed by atoms with Crippen LogP contribution in [0.5, 0.6) is 11.5 Å². The van der Waals surface area contributed by atoms with Gasteiger partial charge in [0.1, 0.15) is 12.2 Å². The molecular weight excluding hydrogens is 284 g/mol. The fourth-order valence-electron chi connectivity index (χ4n) is 1.69. The lowest BCUT2D eigenvalue weighted by Gasteiger charge is -2.26. The van der Waals surface area contributed by atoms with Gasteiger partial charge in [0, 0.05) is 11.1 Å². The number of carboxylic acids is 1. The van der Waals surface area contributed by atoms with Gasteiger partial charge in [0.05, 0.1) is 12.7 Å². The Bertz CT molecular complexity index is 483. The first-order chi connectivity index (χ1) is 9.36. The number of aromatic carboxylic acids is 1. The SMILES string of the molecule is CCC(O)(CC)COc1c(OC)cc(Cl)cc1C(=O)O. The molecule has 0 saturated heterocycles. The Morgan fingerprint density at radius 3 is 2.40 bits per heavy atom. The van der Waals surface area contributed by atoms with Gasteiger partial charge in [-0.1, -0.05) is 25.4 Å². The van der Waals surface area contributed by atoms with Gasteiger partial charge >= 0.3 is 5.97 Å². The third-order valence-corrected chi connectivity index (χ3v) is 3.49. The average Bonchev–Trinajstić information content (AvgIpc) is 2.44. The summed E-state index contributed by atoms with van der Waals surface area (Å²) in [6.45, 7) is 3.66. The standard InChI is InChI=1S/C14H19ClO5/c1-4-14(18,5-2)8-20-12-10(13(16)17)6-9(15)7-11(12)19-3/h6-7,18H,4-5,8H2,1-3H3,(H,16,17). The second-order valence-electron chi connectivity index (χ2n) is 4.51. The van der Waals surface area contributed by atoms with Crippen LogP contribution in [0.2, 0.25) is 5.02 Å². The van der Waals surface area contributed by atoms with Crippen molar-refractivity contribution < 1.29 is 24.5 Å². The van der Waals surface area contributed by atoms with Crippen molar-refractivity contribution in [1.29, 1.82) is 0 Å². The van der Waals surface area contributed by atoms with Gasteiger partial charge in [0.2, 0.25) is 0 Å². The first kappa shape index (κ1) is 16.6. The summed E-state index contributed by atoms with van der Waals surface area (Å²) < 4.78 is 10.6. The smallest absolute Gasteiger partial charge is 0.339 e. The van der Waals surface area contributed by atoms with Crippen LogP contribution in [0.3, 0.4) is 0 Å². The summed E-state index contributed by atoms with van der Waals surface area (Å²) in [5, 5.41) is 19.6. The predicted octanol–water partition coefficient (Wildman–Crippen LogP) is 2.98. The molecule has 0 saturated carbocycles. The molecule has 112 valence electrons. The summed E-state index contributed by atoms with van der Waals surface area (Å²) in [6.07, 6.45) is 1.00. The first-order valence-corrected chi connectivity index (χ1v) is 6.70. The Balaban J connectivity index is 3.12. The summed E-state index contributed by atoms with van der Waals surface area (Å²) in [5.74, 6) is -0.869. The summed E-state index contributed by atoms with van der Waals surface area (Å²) in [7, 11) is 1.40. The Morgan fingerprint density at radius 2 is 1.95 bits per heavy atom. The minimum atomic E-state index is -1.17. The number of rotatable bonds is 7. The van der Waals surface area contributed by atoms with Gasteiger partial charge in [0.15, 0.2) is 11.5 Å². The number of hydrogen-bond acceptors (Lipinski definition) is 4. The lowest BCUT2D eigenvalue weighted by Crippen LogP contribution is -2.34. The van der Waals surface area contributed by atoms with Gasteiger partial charge in [-0.15, -0.1) is 0 Å². The fourth-order valence-corrected chi connectivity index (χ4v) is 1.90. The molecule has 0 aliphatic rings. The highest BCUT2D eigenvalue weighted by Crippen LogP contribution is 2.35. The van der Waals surface area contributed by atoms with E-state index in [1.807, 2.05) is 13.8 Å². The first-order valence-electron chi connectivity index (χ1n) is 6.33. The van der Waals surface area contributed by atoms with Crippen LogP contribution >= 0.6 is 11.6 Å². The number of methoxy groups -OCH3 is 1. The van der Waals surface area contributed by atoms with Gasteiger partial charge in [-0.25, -0.2) is 4.79 Å². The van der Waals surface area contributed by atoms with E-state index < -0.39 is 11.6 Å². The van der Waals surface area contributed by atoms with Crippen LogP contribution in [0, 0.1) is 0 Å². The summed E-state index contributed by atoms with van der Waals surface area (Å²) in [5.41, 5.74) is -1.09. The monoisotopic (exact) mass is 302 g/mol. The summed E-state index contributed by atoms with van der Waals surface area (Å²) >= 11 is 5.84. The van der Waals surface area contributed by atoms with E-state index in [0.717, 1.165) is 0 Å². The molecule has 6 heteroatoms. The Labute approximate surface area is 123 Å². The highest BCUT2D eigenvalue weighted by Gasteiger charge is 2.26. The number of halogens is 1. The Hall–Kier alpha value is -1.46. The van der Waals surface area contributed by atoms with Crippen LogP contribution in [0.1, 0.15) is 37.0 Å². The molecule has 1 aromatic rings. The molecule has 0 spiro atoms. The van der Waals surface area contributed by atoms with Crippen LogP contribution in [0.25, 0.3) is 0 Å². The van der Waals surface area contributed by atoms with Crippen molar-refractivity contribution in [2.24, 2.45) is 0 Å². The summed E-state index contributed by atoms with van der Waals surface area (Å²) in [4.78, 5) is 11.2. The quantitative estimate of drug-likeness (QED) is 0.810. The largest absolute Gasteiger partial charge is 0.493 e. The van der Waals surface area contributed by atoms with Crippen molar-refractivity contribution in [2.45, 2.75) is 32.3 Å². The maximum absolute atomic E-state index is 11.2. The lowest BCUT2D eigenvalue weighted by atomic mass is 9.99. The zero-order valence-corrected chi connectivity index (χ0v) is 12.5. The molecule has 2 N–H and O–H groups in total. The summed E-state index contributed by atoms with van der Waals surface area (Å²) in [6, 6.07) is 2.76. The van der Waals surface area contributed by atoms with Gasteiger partial charge in [-0.2, -0.15) is 0 Å². The molecule has 0 amide bonds. The Morgan fingerprint density at radius 1 is 1.35 bits per heavy atom. The number of carbonyl (C=O) groups is 1. The van der Waals surface area contributed by atoms with E-state index in [0.29, 0.717) is 12.8 Å². The van der Waals surface area contributed by atoms with E-state index in [2.05, 4.69) is 0 Å². The topological polar surface area (TPSA) is 76.0 Å². The third-order valence-electron chi connectivity index (χ3n) is 3.27. The lowest BCUT2D eigenvalue weighted by molar-refractivity contribution is -0.0123. The van der Waals surface area contributed by atoms with Crippen LogP contribution in [0.4, 0.5) is 0 Å². The number of carboxylic acid groups (broad SMARTS) is 1. The van der Waals surface area contributed by atoms with Crippen molar-refractivity contribution in [1.82, 2.24) is 0 Å². The Kier molecular flexibility index (Phi) is 5.65. The zero-order chi connectivity index (χ0) is 15.3. The van der Waals surface area contributed by atoms with Crippen LogP contribution in [-0.4, -0.2) is 35.5 Å². The molecule has 5 nitrogen and oxygen atoms in total. The molecule has 20 heavy (non-hydrogen) atoms. The number of hydrogen-bond donors (Lipinski definition) is 2. The highest BCUT2D eigenvalue weighted by atomic mass is 35.5. The minimum absolute atomic E-state index is 0.0156. The minimum Gasteiger partial charge on any atom is -0.493 e. The maximum Gasteiger partial charge on any atom is 0.339 e. The van der Waals surface area contributed by atoms with E-state index in [1.165, 1.54) is 19.2 Å². The van der Waals surface area contributed by atoms with Crippen LogP contribution in [-0.2, 0) is 0 Å². The van der Waals surface area contributed by atoms with Crippen molar-refractivity contribution in [3.8, 4) is 11.5 Å². The second kappa shape index (κ2) is 6.81. The average molecular weight is 303 g/mol. The van der Waals surface area contributed by atoms with Crippen molar-refractivity contribution >= 4 is 17.6 Å². The zero-order valence-electron chi connectivity index (χ0n) is 11.8. The van der Waals surface area contributed by atoms with Crippen LogP contribution in [0.15, 0.2) is 12.1 Å². The normalized spacial score (nSPS) is 11.2. The fraction of sp³-hybridized carbons (Fsp3) is 0.500. The second-order valence-corrected chi connectivity index (χ2v) is 4.95. The van der Waals surface area contributed by atoms with E-state index in [1.54, 1.807) is 0 Å². The van der Waals surface area contributed by atoms with Gasteiger partial charge in [-0.3, -0.25) is 0 Å². The molecule has 0 aliphatic carbocycles. The molecule has 0 radical (unpaired) electrons.